The number of nitrogens with two attached hydrogens (primary N) is 1. The fourth-order valence-corrected chi connectivity index (χ4v) is 2.68. The van der Waals surface area contributed by atoms with Gasteiger partial charge in [-0.25, -0.2) is 4.98 Å². The van der Waals surface area contributed by atoms with Crippen molar-refractivity contribution in [3.8, 4) is 0 Å². The average molecular weight is 375 g/mol. The van der Waals surface area contributed by atoms with E-state index in [1.807, 2.05) is 31.2 Å². The number of hydrogen-bond donors (Lipinski definition) is 2. The second-order valence-electron chi connectivity index (χ2n) is 4.29. The van der Waals surface area contributed by atoms with Gasteiger partial charge in [-0.05, 0) is 46.2 Å². The van der Waals surface area contributed by atoms with Gasteiger partial charge in [0.05, 0.1) is 16.1 Å². The summed E-state index contributed by atoms with van der Waals surface area (Å²) in [4.78, 5) is 4.12. The standard InChI is InChI=1S/C14H14BrCl2N3/c1-2-19-13(8-3-4-12(17)11(15)5-8)10-6-9(16)7-20-14(10)18/h3-7,13,19H,2H2,1H3,(H2,18,20). The maximum absolute atomic E-state index is 6.04. The largest absolute Gasteiger partial charge is 0.383 e. The SMILES string of the molecule is CCNC(c1ccc(Cl)c(Br)c1)c1cc(Cl)cnc1N. The maximum atomic E-state index is 6.04. The Morgan fingerprint density at radius 2 is 2.10 bits per heavy atom. The molecule has 1 aromatic carbocycles. The Bertz CT molecular complexity index is 619. The maximum Gasteiger partial charge on any atom is 0.128 e. The lowest BCUT2D eigenvalue weighted by Crippen LogP contribution is -2.23. The van der Waals surface area contributed by atoms with Gasteiger partial charge in [-0.1, -0.05) is 36.2 Å². The first-order valence-corrected chi connectivity index (χ1v) is 7.67. The molecule has 1 aromatic heterocycles. The van der Waals surface area contributed by atoms with Gasteiger partial charge >= 0.3 is 0 Å². The highest BCUT2D eigenvalue weighted by atomic mass is 79.9. The average Bonchev–Trinajstić information content (AvgIpc) is 2.42. The van der Waals surface area contributed by atoms with Gasteiger partial charge in [-0.15, -0.1) is 0 Å². The highest BCUT2D eigenvalue weighted by Crippen LogP contribution is 2.31. The number of pyridine rings is 1. The number of aromatic nitrogens is 1. The fraction of sp³-hybridized carbons (Fsp3) is 0.214. The van der Waals surface area contributed by atoms with Gasteiger partial charge in [0, 0.05) is 16.2 Å². The number of halogens is 3. The monoisotopic (exact) mass is 373 g/mol. The van der Waals surface area contributed by atoms with Gasteiger partial charge in [0.15, 0.2) is 0 Å². The minimum atomic E-state index is -0.0835. The Kier molecular flexibility index (Phi) is 5.27. The predicted molar refractivity (Wildman–Crippen MR) is 88.3 cm³/mol. The third kappa shape index (κ3) is 3.44. The Balaban J connectivity index is 2.49. The van der Waals surface area contributed by atoms with E-state index in [0.29, 0.717) is 15.9 Å². The molecular weight excluding hydrogens is 361 g/mol. The number of nitrogen functional groups attached to an aromatic ring is 1. The van der Waals surface area contributed by atoms with Crippen LogP contribution in [0.3, 0.4) is 0 Å². The summed E-state index contributed by atoms with van der Waals surface area (Å²) in [7, 11) is 0. The Labute approximate surface area is 136 Å². The Morgan fingerprint density at radius 1 is 1.35 bits per heavy atom. The van der Waals surface area contributed by atoms with Gasteiger partial charge < -0.3 is 11.1 Å². The summed E-state index contributed by atoms with van der Waals surface area (Å²) in [6.45, 7) is 2.82. The van der Waals surface area contributed by atoms with Crippen molar-refractivity contribution in [1.29, 1.82) is 0 Å². The van der Waals surface area contributed by atoms with E-state index in [0.717, 1.165) is 22.1 Å². The molecule has 0 aliphatic heterocycles. The van der Waals surface area contributed by atoms with Crippen molar-refractivity contribution in [1.82, 2.24) is 10.3 Å². The summed E-state index contributed by atoms with van der Waals surface area (Å²) in [6.07, 6.45) is 1.54. The van der Waals surface area contributed by atoms with Crippen LogP contribution in [0.5, 0.6) is 0 Å². The van der Waals surface area contributed by atoms with Crippen molar-refractivity contribution in [2.75, 3.05) is 12.3 Å². The lowest BCUT2D eigenvalue weighted by atomic mass is 9.99. The molecule has 2 aromatic rings. The highest BCUT2D eigenvalue weighted by Gasteiger charge is 2.18. The van der Waals surface area contributed by atoms with Gasteiger partial charge in [0.25, 0.3) is 0 Å². The van der Waals surface area contributed by atoms with Crippen molar-refractivity contribution in [2.24, 2.45) is 0 Å². The topological polar surface area (TPSA) is 50.9 Å². The first kappa shape index (κ1) is 15.6. The highest BCUT2D eigenvalue weighted by molar-refractivity contribution is 9.10. The zero-order valence-electron chi connectivity index (χ0n) is 10.8. The van der Waals surface area contributed by atoms with Gasteiger partial charge in [0.2, 0.25) is 0 Å². The number of nitrogens with one attached hydrogen (secondary N) is 1. The first-order valence-electron chi connectivity index (χ1n) is 6.12. The van der Waals surface area contributed by atoms with Crippen molar-refractivity contribution < 1.29 is 0 Å². The van der Waals surface area contributed by atoms with Gasteiger partial charge in [-0.3, -0.25) is 0 Å². The van der Waals surface area contributed by atoms with Crippen LogP contribution in [0.4, 0.5) is 5.82 Å². The van der Waals surface area contributed by atoms with Gasteiger partial charge in [-0.2, -0.15) is 0 Å². The van der Waals surface area contributed by atoms with E-state index in [9.17, 15) is 0 Å². The van der Waals surface area contributed by atoms with Crippen LogP contribution in [0.25, 0.3) is 0 Å². The van der Waals surface area contributed by atoms with E-state index in [-0.39, 0.29) is 6.04 Å². The van der Waals surface area contributed by atoms with Crippen LogP contribution in [-0.4, -0.2) is 11.5 Å². The van der Waals surface area contributed by atoms with E-state index < -0.39 is 0 Å². The molecule has 20 heavy (non-hydrogen) atoms. The van der Waals surface area contributed by atoms with Crippen LogP contribution in [0.2, 0.25) is 10.0 Å². The van der Waals surface area contributed by atoms with Crippen LogP contribution >= 0.6 is 39.1 Å². The Hall–Kier alpha value is -0.810. The number of anilines is 1. The first-order chi connectivity index (χ1) is 9.52. The van der Waals surface area contributed by atoms with E-state index in [2.05, 4.69) is 26.2 Å². The second kappa shape index (κ2) is 6.76. The quantitative estimate of drug-likeness (QED) is 0.832. The lowest BCUT2D eigenvalue weighted by molar-refractivity contribution is 0.630. The van der Waals surface area contributed by atoms with E-state index >= 15 is 0 Å². The van der Waals surface area contributed by atoms with E-state index in [1.54, 1.807) is 6.20 Å². The third-order valence-electron chi connectivity index (χ3n) is 2.91. The second-order valence-corrected chi connectivity index (χ2v) is 5.99. The minimum Gasteiger partial charge on any atom is -0.383 e. The van der Waals surface area contributed by atoms with Gasteiger partial charge in [0.1, 0.15) is 5.82 Å². The molecular formula is C14H14BrCl2N3. The molecule has 1 heterocycles. The van der Waals surface area contributed by atoms with Crippen LogP contribution in [-0.2, 0) is 0 Å². The normalized spacial score (nSPS) is 12.4. The lowest BCUT2D eigenvalue weighted by Gasteiger charge is -2.20. The molecule has 0 radical (unpaired) electrons. The number of hydrogen-bond acceptors (Lipinski definition) is 3. The number of nitrogens with zero attached hydrogens (tertiary/aromatic N) is 1. The molecule has 3 nitrogen and oxygen atoms in total. The summed E-state index contributed by atoms with van der Waals surface area (Å²) in [5.41, 5.74) is 7.87. The fourth-order valence-electron chi connectivity index (χ4n) is 2.00. The van der Waals surface area contributed by atoms with Crippen LogP contribution < -0.4 is 11.1 Å². The zero-order chi connectivity index (χ0) is 14.7. The van der Waals surface area contributed by atoms with Crippen molar-refractivity contribution in [3.05, 3.63) is 56.1 Å². The predicted octanol–water partition coefficient (Wildman–Crippen LogP) is 4.43. The summed E-state index contributed by atoms with van der Waals surface area (Å²) in [5.74, 6) is 0.464. The molecule has 0 saturated heterocycles. The molecule has 1 atom stereocenters. The van der Waals surface area contributed by atoms with Crippen molar-refractivity contribution in [3.63, 3.8) is 0 Å². The number of rotatable bonds is 4. The Morgan fingerprint density at radius 3 is 2.75 bits per heavy atom. The molecule has 2 rings (SSSR count). The zero-order valence-corrected chi connectivity index (χ0v) is 13.9. The molecule has 0 fully saturated rings. The van der Waals surface area contributed by atoms with E-state index in [1.165, 1.54) is 0 Å². The molecule has 0 spiro atoms. The molecule has 0 aliphatic carbocycles. The van der Waals surface area contributed by atoms with Crippen LogP contribution in [0.1, 0.15) is 24.1 Å². The molecule has 106 valence electrons. The summed E-state index contributed by atoms with van der Waals surface area (Å²) < 4.78 is 0.841. The molecule has 0 saturated carbocycles. The van der Waals surface area contributed by atoms with Crippen molar-refractivity contribution >= 4 is 44.9 Å². The molecule has 0 bridgehead atoms. The summed E-state index contributed by atoms with van der Waals surface area (Å²) in [5, 5.41) is 4.62. The van der Waals surface area contributed by atoms with E-state index in [4.69, 9.17) is 28.9 Å². The molecule has 0 aliphatic rings. The third-order valence-corrected chi connectivity index (χ3v) is 4.33. The minimum absolute atomic E-state index is 0.0835. The molecule has 3 N–H and O–H groups in total. The van der Waals surface area contributed by atoms with Crippen LogP contribution in [0, 0.1) is 0 Å². The summed E-state index contributed by atoms with van der Waals surface area (Å²) in [6, 6.07) is 7.52. The number of benzene rings is 1. The molecule has 1 unspecified atom stereocenters. The smallest absolute Gasteiger partial charge is 0.128 e. The molecule has 0 amide bonds. The summed E-state index contributed by atoms with van der Waals surface area (Å²) >= 11 is 15.5. The molecule has 6 heteroatoms. The van der Waals surface area contributed by atoms with Crippen molar-refractivity contribution in [2.45, 2.75) is 13.0 Å². The van der Waals surface area contributed by atoms with Crippen LogP contribution in [0.15, 0.2) is 34.9 Å².